The third-order valence-corrected chi connectivity index (χ3v) is 2.65. The molecule has 0 saturated heterocycles. The van der Waals surface area contributed by atoms with Gasteiger partial charge in [-0.05, 0) is 37.6 Å². The van der Waals surface area contributed by atoms with E-state index >= 15 is 0 Å². The number of ether oxygens (including phenoxy) is 1. The molecule has 5 nitrogen and oxygen atoms in total. The van der Waals surface area contributed by atoms with Gasteiger partial charge in [0.2, 0.25) is 6.04 Å². The van der Waals surface area contributed by atoms with E-state index in [1.165, 1.54) is 18.2 Å². The highest BCUT2D eigenvalue weighted by Crippen LogP contribution is 2.20. The molecule has 1 unspecified atom stereocenters. The standard InChI is InChI=1S/C13H14ClFN2O3/c1-3-20-13(19)12(11(18)7-14)17-16-10-5-4-9(15)6-8(10)2/h4-6,12H,3,7H2,1-2H3. The minimum atomic E-state index is -1.39. The van der Waals surface area contributed by atoms with E-state index < -0.39 is 23.6 Å². The maximum Gasteiger partial charge on any atom is 0.340 e. The largest absolute Gasteiger partial charge is 0.464 e. The first-order valence-corrected chi connectivity index (χ1v) is 6.45. The number of nitrogens with zero attached hydrogens (tertiary/aromatic N) is 2. The predicted octanol–water partition coefficient (Wildman–Crippen LogP) is 2.96. The molecule has 1 aromatic rings. The first-order chi connectivity index (χ1) is 9.49. The third-order valence-electron chi connectivity index (χ3n) is 2.39. The number of azo groups is 1. The summed E-state index contributed by atoms with van der Waals surface area (Å²) >= 11 is 5.42. The van der Waals surface area contributed by atoms with Crippen LogP contribution in [-0.4, -0.2) is 30.3 Å². The summed E-state index contributed by atoms with van der Waals surface area (Å²) in [5, 5.41) is 7.47. The van der Waals surface area contributed by atoms with Crippen LogP contribution in [0, 0.1) is 12.7 Å². The van der Waals surface area contributed by atoms with Crippen molar-refractivity contribution in [1.82, 2.24) is 0 Å². The number of carbonyl (C=O) groups is 2. The quantitative estimate of drug-likeness (QED) is 0.351. The van der Waals surface area contributed by atoms with Gasteiger partial charge in [0.25, 0.3) is 0 Å². The fourth-order valence-corrected chi connectivity index (χ4v) is 1.53. The van der Waals surface area contributed by atoms with Gasteiger partial charge in [-0.1, -0.05) is 0 Å². The number of alkyl halides is 1. The summed E-state index contributed by atoms with van der Waals surface area (Å²) in [5.74, 6) is -2.18. The van der Waals surface area contributed by atoms with Crippen molar-refractivity contribution in [2.75, 3.05) is 12.5 Å². The summed E-state index contributed by atoms with van der Waals surface area (Å²) in [5.41, 5.74) is 0.901. The van der Waals surface area contributed by atoms with Gasteiger partial charge in [0.05, 0.1) is 18.2 Å². The van der Waals surface area contributed by atoms with Crippen LogP contribution in [-0.2, 0) is 14.3 Å². The molecular weight excluding hydrogens is 287 g/mol. The van der Waals surface area contributed by atoms with Crippen molar-refractivity contribution >= 4 is 29.0 Å². The van der Waals surface area contributed by atoms with Crippen molar-refractivity contribution in [2.24, 2.45) is 10.2 Å². The zero-order chi connectivity index (χ0) is 15.1. The maximum atomic E-state index is 12.9. The number of aryl methyl sites for hydroxylation is 1. The Bertz CT molecular complexity index is 534. The summed E-state index contributed by atoms with van der Waals surface area (Å²) in [6.07, 6.45) is 0. The topological polar surface area (TPSA) is 68.1 Å². The molecule has 0 aromatic heterocycles. The van der Waals surface area contributed by atoms with E-state index in [2.05, 4.69) is 10.2 Å². The fourth-order valence-electron chi connectivity index (χ4n) is 1.39. The number of esters is 1. The molecule has 0 amide bonds. The van der Waals surface area contributed by atoms with Crippen molar-refractivity contribution in [1.29, 1.82) is 0 Å². The van der Waals surface area contributed by atoms with Gasteiger partial charge in [-0.15, -0.1) is 11.6 Å². The van der Waals surface area contributed by atoms with Gasteiger partial charge in [0.1, 0.15) is 5.82 Å². The van der Waals surface area contributed by atoms with Crippen LogP contribution in [0.2, 0.25) is 0 Å². The van der Waals surface area contributed by atoms with Gasteiger partial charge in [0.15, 0.2) is 5.78 Å². The molecule has 0 saturated carbocycles. The second-order valence-corrected chi connectivity index (χ2v) is 4.17. The normalized spacial score (nSPS) is 12.4. The van der Waals surface area contributed by atoms with Crippen LogP contribution in [0.3, 0.4) is 0 Å². The fraction of sp³-hybridized carbons (Fsp3) is 0.385. The number of rotatable bonds is 6. The summed E-state index contributed by atoms with van der Waals surface area (Å²) < 4.78 is 17.7. The molecule has 20 heavy (non-hydrogen) atoms. The molecule has 1 aromatic carbocycles. The first-order valence-electron chi connectivity index (χ1n) is 5.92. The highest BCUT2D eigenvalue weighted by molar-refractivity contribution is 6.30. The average molecular weight is 301 g/mol. The van der Waals surface area contributed by atoms with Crippen molar-refractivity contribution < 1.29 is 18.7 Å². The van der Waals surface area contributed by atoms with Crippen LogP contribution in [0.25, 0.3) is 0 Å². The zero-order valence-corrected chi connectivity index (χ0v) is 11.9. The lowest BCUT2D eigenvalue weighted by atomic mass is 10.2. The molecular formula is C13H14ClFN2O3. The molecule has 0 N–H and O–H groups in total. The highest BCUT2D eigenvalue weighted by atomic mass is 35.5. The lowest BCUT2D eigenvalue weighted by Crippen LogP contribution is -2.30. The lowest BCUT2D eigenvalue weighted by molar-refractivity contribution is -0.147. The SMILES string of the molecule is CCOC(=O)C(N=Nc1ccc(F)cc1C)C(=O)CCl. The predicted molar refractivity (Wildman–Crippen MR) is 71.8 cm³/mol. The Balaban J connectivity index is 2.96. The third kappa shape index (κ3) is 4.38. The second kappa shape index (κ2) is 7.69. The van der Waals surface area contributed by atoms with Gasteiger partial charge in [0, 0.05) is 0 Å². The summed E-state index contributed by atoms with van der Waals surface area (Å²) in [4.78, 5) is 23.1. The van der Waals surface area contributed by atoms with Crippen LogP contribution < -0.4 is 0 Å². The number of carbonyl (C=O) groups excluding carboxylic acids is 2. The lowest BCUT2D eigenvalue weighted by Gasteiger charge is -2.07. The van der Waals surface area contributed by atoms with Gasteiger partial charge < -0.3 is 4.74 Å². The van der Waals surface area contributed by atoms with E-state index in [9.17, 15) is 14.0 Å². The molecule has 0 fully saturated rings. The molecule has 0 heterocycles. The Hall–Kier alpha value is -1.82. The maximum absolute atomic E-state index is 12.9. The number of benzene rings is 1. The van der Waals surface area contributed by atoms with Crippen LogP contribution >= 0.6 is 11.6 Å². The van der Waals surface area contributed by atoms with Crippen LogP contribution in [0.5, 0.6) is 0 Å². The molecule has 1 rings (SSSR count). The Morgan fingerprint density at radius 3 is 2.70 bits per heavy atom. The average Bonchev–Trinajstić information content (AvgIpc) is 2.41. The van der Waals surface area contributed by atoms with E-state index in [0.717, 1.165) is 0 Å². The van der Waals surface area contributed by atoms with Crippen LogP contribution in [0.4, 0.5) is 10.1 Å². The zero-order valence-electron chi connectivity index (χ0n) is 11.1. The van der Waals surface area contributed by atoms with E-state index in [-0.39, 0.29) is 12.5 Å². The monoisotopic (exact) mass is 300 g/mol. The molecule has 0 bridgehead atoms. The van der Waals surface area contributed by atoms with Gasteiger partial charge in [-0.25, -0.2) is 9.18 Å². The minimum absolute atomic E-state index is 0.121. The molecule has 108 valence electrons. The first kappa shape index (κ1) is 16.2. The molecule has 0 aliphatic heterocycles. The number of ketones is 1. The van der Waals surface area contributed by atoms with E-state index in [0.29, 0.717) is 11.3 Å². The molecule has 0 aliphatic rings. The molecule has 0 spiro atoms. The highest BCUT2D eigenvalue weighted by Gasteiger charge is 2.27. The van der Waals surface area contributed by atoms with E-state index in [1.54, 1.807) is 13.8 Å². The molecule has 7 heteroatoms. The van der Waals surface area contributed by atoms with Gasteiger partial charge >= 0.3 is 5.97 Å². The van der Waals surface area contributed by atoms with Crippen LogP contribution in [0.15, 0.2) is 28.4 Å². The van der Waals surface area contributed by atoms with E-state index in [4.69, 9.17) is 16.3 Å². The van der Waals surface area contributed by atoms with E-state index in [1.807, 2.05) is 0 Å². The van der Waals surface area contributed by atoms with Gasteiger partial charge in [-0.3, -0.25) is 4.79 Å². The minimum Gasteiger partial charge on any atom is -0.464 e. The molecule has 0 aliphatic carbocycles. The Labute approximate surface area is 120 Å². The molecule has 0 radical (unpaired) electrons. The Morgan fingerprint density at radius 2 is 2.15 bits per heavy atom. The van der Waals surface area contributed by atoms with Crippen LogP contribution in [0.1, 0.15) is 12.5 Å². The second-order valence-electron chi connectivity index (χ2n) is 3.90. The smallest absolute Gasteiger partial charge is 0.340 e. The Morgan fingerprint density at radius 1 is 1.45 bits per heavy atom. The molecule has 1 atom stereocenters. The number of halogens is 2. The van der Waals surface area contributed by atoms with Crippen molar-refractivity contribution in [3.05, 3.63) is 29.6 Å². The summed E-state index contributed by atoms with van der Waals surface area (Å²) in [6.45, 7) is 3.37. The van der Waals surface area contributed by atoms with Crippen molar-refractivity contribution in [3.63, 3.8) is 0 Å². The number of hydrogen-bond acceptors (Lipinski definition) is 5. The van der Waals surface area contributed by atoms with Crippen molar-refractivity contribution in [3.8, 4) is 0 Å². The Kier molecular flexibility index (Phi) is 6.24. The number of Topliss-reactive ketones (excluding diaryl/α,β-unsaturated/α-hetero) is 1. The van der Waals surface area contributed by atoms with Gasteiger partial charge in [-0.2, -0.15) is 10.2 Å². The summed E-state index contributed by atoms with van der Waals surface area (Å²) in [7, 11) is 0. The summed E-state index contributed by atoms with van der Waals surface area (Å²) in [6, 6.07) is 2.50. The number of hydrogen-bond donors (Lipinski definition) is 0. The van der Waals surface area contributed by atoms with Crippen molar-refractivity contribution in [2.45, 2.75) is 19.9 Å².